The van der Waals surface area contributed by atoms with Crippen LogP contribution in [0.3, 0.4) is 0 Å². The minimum atomic E-state index is -0.392. The van der Waals surface area contributed by atoms with Gasteiger partial charge in [-0.15, -0.1) is 0 Å². The van der Waals surface area contributed by atoms with Crippen molar-refractivity contribution in [3.8, 4) is 5.75 Å². The number of benzene rings is 1. The first kappa shape index (κ1) is 16.8. The quantitative estimate of drug-likeness (QED) is 0.930. The van der Waals surface area contributed by atoms with Gasteiger partial charge in [0, 0.05) is 25.9 Å². The average Bonchev–Trinajstić information content (AvgIpc) is 2.50. The molecule has 122 valence electrons. The van der Waals surface area contributed by atoms with Gasteiger partial charge in [-0.05, 0) is 37.0 Å². The lowest BCUT2D eigenvalue weighted by Crippen LogP contribution is -2.50. The van der Waals surface area contributed by atoms with Crippen molar-refractivity contribution in [2.24, 2.45) is 11.7 Å². The maximum absolute atomic E-state index is 12.3. The average molecular weight is 304 g/mol. The van der Waals surface area contributed by atoms with E-state index in [1.54, 1.807) is 0 Å². The molecule has 0 aromatic heterocycles. The molecule has 1 aromatic carbocycles. The van der Waals surface area contributed by atoms with E-state index in [4.69, 9.17) is 10.5 Å². The molecule has 0 spiro atoms. The highest BCUT2D eigenvalue weighted by atomic mass is 16.5. The molecule has 4 heteroatoms. The standard InChI is InChI=1S/C18H28N2O2/c1-12(2)17(19)18(21)20-9-7-15(8-10-20)22-16-11-13(3)5-6-14(16)4/h5-6,11-12,15,17H,7-10,19H2,1-4H3/t17-/m0/s1. The Morgan fingerprint density at radius 3 is 2.50 bits per heavy atom. The van der Waals surface area contributed by atoms with Crippen molar-refractivity contribution in [2.75, 3.05) is 13.1 Å². The molecule has 0 bridgehead atoms. The molecule has 1 aromatic rings. The Morgan fingerprint density at radius 1 is 1.27 bits per heavy atom. The van der Waals surface area contributed by atoms with Crippen molar-refractivity contribution >= 4 is 5.91 Å². The molecule has 1 aliphatic rings. The number of amides is 1. The van der Waals surface area contributed by atoms with Gasteiger partial charge in [-0.25, -0.2) is 0 Å². The van der Waals surface area contributed by atoms with Crippen LogP contribution in [-0.2, 0) is 4.79 Å². The van der Waals surface area contributed by atoms with Gasteiger partial charge < -0.3 is 15.4 Å². The molecule has 1 atom stereocenters. The molecule has 0 unspecified atom stereocenters. The summed E-state index contributed by atoms with van der Waals surface area (Å²) in [4.78, 5) is 14.1. The van der Waals surface area contributed by atoms with Crippen LogP contribution in [0.1, 0.15) is 37.8 Å². The number of likely N-dealkylation sites (tertiary alicyclic amines) is 1. The van der Waals surface area contributed by atoms with Crippen molar-refractivity contribution in [3.63, 3.8) is 0 Å². The van der Waals surface area contributed by atoms with E-state index in [9.17, 15) is 4.79 Å². The first-order chi connectivity index (χ1) is 10.4. The second kappa shape index (κ2) is 7.14. The third kappa shape index (κ3) is 4.01. The molecule has 1 aliphatic heterocycles. The van der Waals surface area contributed by atoms with Crippen molar-refractivity contribution in [1.29, 1.82) is 0 Å². The van der Waals surface area contributed by atoms with Crippen molar-refractivity contribution in [2.45, 2.75) is 52.7 Å². The summed E-state index contributed by atoms with van der Waals surface area (Å²) < 4.78 is 6.13. The van der Waals surface area contributed by atoms with Gasteiger partial charge in [-0.2, -0.15) is 0 Å². The van der Waals surface area contributed by atoms with Crippen LogP contribution in [0.25, 0.3) is 0 Å². The molecule has 0 aliphatic carbocycles. The number of carbonyl (C=O) groups excluding carboxylic acids is 1. The predicted molar refractivity (Wildman–Crippen MR) is 89.0 cm³/mol. The summed E-state index contributed by atoms with van der Waals surface area (Å²) in [5, 5.41) is 0. The fourth-order valence-electron chi connectivity index (χ4n) is 2.70. The number of hydrogen-bond acceptors (Lipinski definition) is 3. The van der Waals surface area contributed by atoms with Gasteiger partial charge in [0.25, 0.3) is 0 Å². The Bertz CT molecular complexity index is 520. The molecule has 1 heterocycles. The van der Waals surface area contributed by atoms with Gasteiger partial charge in [0.15, 0.2) is 0 Å². The maximum atomic E-state index is 12.3. The van der Waals surface area contributed by atoms with Gasteiger partial charge >= 0.3 is 0 Å². The van der Waals surface area contributed by atoms with Crippen LogP contribution in [0.2, 0.25) is 0 Å². The first-order valence-electron chi connectivity index (χ1n) is 8.16. The largest absolute Gasteiger partial charge is 0.490 e. The normalized spacial score (nSPS) is 17.6. The van der Waals surface area contributed by atoms with Gasteiger partial charge in [-0.1, -0.05) is 26.0 Å². The predicted octanol–water partition coefficient (Wildman–Crippen LogP) is 2.66. The van der Waals surface area contributed by atoms with Crippen LogP contribution in [0.15, 0.2) is 18.2 Å². The second-order valence-corrected chi connectivity index (χ2v) is 6.68. The third-order valence-corrected chi connectivity index (χ3v) is 4.39. The lowest BCUT2D eigenvalue weighted by atomic mass is 10.0. The van der Waals surface area contributed by atoms with Gasteiger partial charge in [-0.3, -0.25) is 4.79 Å². The van der Waals surface area contributed by atoms with Crippen molar-refractivity contribution < 1.29 is 9.53 Å². The molecule has 2 N–H and O–H groups in total. The molecule has 1 saturated heterocycles. The number of aryl methyl sites for hydroxylation is 2. The van der Waals surface area contributed by atoms with E-state index >= 15 is 0 Å². The Morgan fingerprint density at radius 2 is 1.91 bits per heavy atom. The zero-order chi connectivity index (χ0) is 16.3. The van der Waals surface area contributed by atoms with E-state index in [-0.39, 0.29) is 17.9 Å². The highest BCUT2D eigenvalue weighted by Gasteiger charge is 2.28. The summed E-state index contributed by atoms with van der Waals surface area (Å²) >= 11 is 0. The molecule has 1 fully saturated rings. The van der Waals surface area contributed by atoms with Crippen molar-refractivity contribution in [1.82, 2.24) is 4.90 Å². The molecule has 2 rings (SSSR count). The molecular weight excluding hydrogens is 276 g/mol. The number of piperidine rings is 1. The second-order valence-electron chi connectivity index (χ2n) is 6.68. The number of hydrogen-bond donors (Lipinski definition) is 1. The number of carbonyl (C=O) groups is 1. The maximum Gasteiger partial charge on any atom is 0.239 e. The topological polar surface area (TPSA) is 55.6 Å². The Kier molecular flexibility index (Phi) is 5.46. The van der Waals surface area contributed by atoms with E-state index in [1.165, 1.54) is 5.56 Å². The SMILES string of the molecule is Cc1ccc(C)c(OC2CCN(C(=O)[C@@H](N)C(C)C)CC2)c1. The van der Waals surface area contributed by atoms with E-state index in [0.717, 1.165) is 37.2 Å². The smallest absolute Gasteiger partial charge is 0.239 e. The fraction of sp³-hybridized carbons (Fsp3) is 0.611. The Balaban J connectivity index is 1.90. The number of nitrogens with two attached hydrogens (primary N) is 1. The van der Waals surface area contributed by atoms with E-state index < -0.39 is 6.04 Å². The minimum absolute atomic E-state index is 0.0696. The highest BCUT2D eigenvalue weighted by molar-refractivity contribution is 5.82. The monoisotopic (exact) mass is 304 g/mol. The Hall–Kier alpha value is -1.55. The van der Waals surface area contributed by atoms with Gasteiger partial charge in [0.2, 0.25) is 5.91 Å². The van der Waals surface area contributed by atoms with Gasteiger partial charge in [0.1, 0.15) is 11.9 Å². The van der Waals surface area contributed by atoms with Crippen molar-refractivity contribution in [3.05, 3.63) is 29.3 Å². The van der Waals surface area contributed by atoms with E-state index in [1.807, 2.05) is 18.7 Å². The van der Waals surface area contributed by atoms with Crippen LogP contribution in [0, 0.1) is 19.8 Å². The summed E-state index contributed by atoms with van der Waals surface area (Å²) in [7, 11) is 0. The summed E-state index contributed by atoms with van der Waals surface area (Å²) in [6, 6.07) is 5.88. The first-order valence-corrected chi connectivity index (χ1v) is 8.16. The highest BCUT2D eigenvalue weighted by Crippen LogP contribution is 2.24. The summed E-state index contributed by atoms with van der Waals surface area (Å²) in [6.07, 6.45) is 1.91. The number of rotatable bonds is 4. The van der Waals surface area contributed by atoms with Crippen LogP contribution in [0.4, 0.5) is 0 Å². The minimum Gasteiger partial charge on any atom is -0.490 e. The zero-order valence-electron chi connectivity index (χ0n) is 14.1. The molecule has 1 amide bonds. The van der Waals surface area contributed by atoms with Crippen LogP contribution >= 0.6 is 0 Å². The van der Waals surface area contributed by atoms with Crippen LogP contribution in [0.5, 0.6) is 5.75 Å². The zero-order valence-corrected chi connectivity index (χ0v) is 14.1. The lowest BCUT2D eigenvalue weighted by molar-refractivity contribution is -0.135. The molecule has 0 radical (unpaired) electrons. The summed E-state index contributed by atoms with van der Waals surface area (Å²) in [6.45, 7) is 9.57. The summed E-state index contributed by atoms with van der Waals surface area (Å²) in [5.74, 6) is 1.21. The lowest BCUT2D eigenvalue weighted by Gasteiger charge is -2.34. The van der Waals surface area contributed by atoms with E-state index in [0.29, 0.717) is 0 Å². The van der Waals surface area contributed by atoms with E-state index in [2.05, 4.69) is 32.0 Å². The number of nitrogens with zero attached hydrogens (tertiary/aromatic N) is 1. The van der Waals surface area contributed by atoms with Gasteiger partial charge in [0.05, 0.1) is 6.04 Å². The Labute approximate surface area is 133 Å². The van der Waals surface area contributed by atoms with Crippen LogP contribution < -0.4 is 10.5 Å². The molecule has 0 saturated carbocycles. The molecule has 22 heavy (non-hydrogen) atoms. The fourth-order valence-corrected chi connectivity index (χ4v) is 2.70. The summed E-state index contributed by atoms with van der Waals surface area (Å²) in [5.41, 5.74) is 8.33. The molecular formula is C18H28N2O2. The third-order valence-electron chi connectivity index (χ3n) is 4.39. The number of ether oxygens (including phenoxy) is 1. The molecule has 4 nitrogen and oxygen atoms in total. The van der Waals surface area contributed by atoms with Crippen LogP contribution in [-0.4, -0.2) is 36.0 Å².